The molecule has 1 atom stereocenters. The van der Waals surface area contributed by atoms with E-state index in [0.717, 1.165) is 10.5 Å². The zero-order valence-corrected chi connectivity index (χ0v) is 13.6. The minimum atomic E-state index is -0.331. The number of furan rings is 1. The molecule has 0 aliphatic heterocycles. The summed E-state index contributed by atoms with van der Waals surface area (Å²) in [7, 11) is 0. The van der Waals surface area contributed by atoms with E-state index in [0.29, 0.717) is 5.76 Å². The number of nitrogens with one attached hydrogen (secondary N) is 1. The Bertz CT molecular complexity index is 773. The third-order valence-corrected chi connectivity index (χ3v) is 4.46. The minimum absolute atomic E-state index is 0.116. The molecule has 1 N–H and O–H groups in total. The number of thioether (sulfide) groups is 1. The lowest BCUT2D eigenvalue weighted by atomic mass is 10.0. The molecule has 0 saturated heterocycles. The normalized spacial score (nSPS) is 11.9. The second-order valence-electron chi connectivity index (χ2n) is 5.17. The molecule has 3 rings (SSSR count). The maximum Gasteiger partial charge on any atom is 0.231 e. The summed E-state index contributed by atoms with van der Waals surface area (Å²) in [5.74, 6) is 0.525. The monoisotopic (exact) mass is 341 g/mol. The van der Waals surface area contributed by atoms with E-state index in [4.69, 9.17) is 4.42 Å². The highest BCUT2D eigenvalue weighted by atomic mass is 32.2. The van der Waals surface area contributed by atoms with Crippen molar-refractivity contribution in [3.8, 4) is 0 Å². The molecule has 24 heavy (non-hydrogen) atoms. The van der Waals surface area contributed by atoms with Crippen LogP contribution in [0.3, 0.4) is 0 Å². The van der Waals surface area contributed by atoms with E-state index >= 15 is 0 Å². The zero-order valence-electron chi connectivity index (χ0n) is 12.8. The Morgan fingerprint density at radius 2 is 1.79 bits per heavy atom. The molecule has 1 amide bonds. The van der Waals surface area contributed by atoms with Gasteiger partial charge in [-0.1, -0.05) is 30.3 Å². The number of benzene rings is 2. The Hall–Kier alpha value is -2.53. The van der Waals surface area contributed by atoms with Crippen molar-refractivity contribution in [3.05, 3.63) is 90.1 Å². The number of halogens is 1. The van der Waals surface area contributed by atoms with Crippen LogP contribution in [0.25, 0.3) is 0 Å². The van der Waals surface area contributed by atoms with Gasteiger partial charge in [0.25, 0.3) is 0 Å². The second-order valence-corrected chi connectivity index (χ2v) is 6.22. The van der Waals surface area contributed by atoms with Gasteiger partial charge in [0.05, 0.1) is 12.0 Å². The molecule has 1 unspecified atom stereocenters. The van der Waals surface area contributed by atoms with Crippen LogP contribution >= 0.6 is 11.8 Å². The average molecular weight is 341 g/mol. The number of amides is 1. The molecule has 2 aromatic carbocycles. The summed E-state index contributed by atoms with van der Waals surface area (Å²) >= 11 is 1.36. The lowest BCUT2D eigenvalue weighted by Gasteiger charge is -2.17. The Kier molecular flexibility index (Phi) is 5.33. The average Bonchev–Trinajstić information content (AvgIpc) is 3.14. The topological polar surface area (TPSA) is 42.2 Å². The van der Waals surface area contributed by atoms with Crippen molar-refractivity contribution in [2.24, 2.45) is 0 Å². The molecule has 0 radical (unpaired) electrons. The van der Waals surface area contributed by atoms with Crippen molar-refractivity contribution in [2.45, 2.75) is 10.9 Å². The largest absolute Gasteiger partial charge is 0.467 e. The molecule has 0 saturated carbocycles. The highest BCUT2D eigenvalue weighted by molar-refractivity contribution is 8.00. The number of rotatable bonds is 6. The molecule has 0 spiro atoms. The van der Waals surface area contributed by atoms with Gasteiger partial charge in [0.2, 0.25) is 5.91 Å². The van der Waals surface area contributed by atoms with Crippen LogP contribution in [0.4, 0.5) is 4.39 Å². The van der Waals surface area contributed by atoms with Crippen molar-refractivity contribution < 1.29 is 13.6 Å². The van der Waals surface area contributed by atoms with Gasteiger partial charge in [0, 0.05) is 4.90 Å². The second kappa shape index (κ2) is 7.84. The summed E-state index contributed by atoms with van der Waals surface area (Å²) in [4.78, 5) is 13.2. The summed E-state index contributed by atoms with van der Waals surface area (Å²) in [6.07, 6.45) is 1.59. The molecule has 0 aliphatic carbocycles. The van der Waals surface area contributed by atoms with Gasteiger partial charge in [-0.15, -0.1) is 11.8 Å². The molecular formula is C19H16FNO2S. The Labute approximate surface area is 143 Å². The van der Waals surface area contributed by atoms with Gasteiger partial charge in [0.15, 0.2) is 0 Å². The molecule has 1 aromatic heterocycles. The molecule has 0 aliphatic rings. The van der Waals surface area contributed by atoms with Crippen LogP contribution in [-0.2, 0) is 4.79 Å². The molecule has 122 valence electrons. The smallest absolute Gasteiger partial charge is 0.231 e. The van der Waals surface area contributed by atoms with E-state index < -0.39 is 0 Å². The van der Waals surface area contributed by atoms with Crippen LogP contribution in [0.2, 0.25) is 0 Å². The molecule has 3 aromatic rings. The predicted molar refractivity (Wildman–Crippen MR) is 92.3 cm³/mol. The van der Waals surface area contributed by atoms with E-state index in [2.05, 4.69) is 5.32 Å². The molecule has 0 bridgehead atoms. The van der Waals surface area contributed by atoms with Gasteiger partial charge in [-0.2, -0.15) is 0 Å². The van der Waals surface area contributed by atoms with Crippen LogP contribution in [0.15, 0.2) is 82.3 Å². The van der Waals surface area contributed by atoms with Crippen molar-refractivity contribution in [3.63, 3.8) is 0 Å². The summed E-state index contributed by atoms with van der Waals surface area (Å²) in [6.45, 7) is 0. The third kappa shape index (κ3) is 4.26. The predicted octanol–water partition coefficient (Wildman–Crippen LogP) is 4.42. The third-order valence-electron chi connectivity index (χ3n) is 3.45. The highest BCUT2D eigenvalue weighted by Crippen LogP contribution is 2.23. The van der Waals surface area contributed by atoms with Crippen LogP contribution in [0, 0.1) is 5.82 Å². The maximum atomic E-state index is 12.9. The number of carbonyl (C=O) groups excluding carboxylic acids is 1. The fourth-order valence-corrected chi connectivity index (χ4v) is 3.01. The van der Waals surface area contributed by atoms with E-state index in [1.807, 2.05) is 36.4 Å². The lowest BCUT2D eigenvalue weighted by molar-refractivity contribution is -0.119. The van der Waals surface area contributed by atoms with E-state index in [1.165, 1.54) is 23.9 Å². The van der Waals surface area contributed by atoms with Crippen LogP contribution in [0.1, 0.15) is 17.4 Å². The first-order chi connectivity index (χ1) is 11.7. The van der Waals surface area contributed by atoms with Gasteiger partial charge < -0.3 is 9.73 Å². The van der Waals surface area contributed by atoms with Crippen LogP contribution < -0.4 is 5.32 Å². The maximum absolute atomic E-state index is 12.9. The molecule has 1 heterocycles. The Morgan fingerprint density at radius 3 is 2.46 bits per heavy atom. The van der Waals surface area contributed by atoms with Gasteiger partial charge in [-0.3, -0.25) is 4.79 Å². The van der Waals surface area contributed by atoms with Crippen molar-refractivity contribution in [1.29, 1.82) is 0 Å². The highest BCUT2D eigenvalue weighted by Gasteiger charge is 2.19. The molecule has 3 nitrogen and oxygen atoms in total. The first-order valence-corrected chi connectivity index (χ1v) is 8.47. The first-order valence-electron chi connectivity index (χ1n) is 7.48. The van der Waals surface area contributed by atoms with Crippen molar-refractivity contribution in [2.75, 3.05) is 5.75 Å². The summed E-state index contributed by atoms with van der Waals surface area (Å²) in [5.41, 5.74) is 0.951. The summed E-state index contributed by atoms with van der Waals surface area (Å²) in [5, 5.41) is 2.99. The summed E-state index contributed by atoms with van der Waals surface area (Å²) < 4.78 is 18.4. The van der Waals surface area contributed by atoms with E-state index in [9.17, 15) is 9.18 Å². The number of hydrogen-bond acceptors (Lipinski definition) is 3. The molecule has 0 fully saturated rings. The fourth-order valence-electron chi connectivity index (χ4n) is 2.30. The van der Waals surface area contributed by atoms with Crippen molar-refractivity contribution >= 4 is 17.7 Å². The van der Waals surface area contributed by atoms with E-state index in [-0.39, 0.29) is 23.5 Å². The quantitative estimate of drug-likeness (QED) is 0.675. The standard InChI is InChI=1S/C19H16FNO2S/c20-15-8-10-16(11-9-15)24-13-18(22)21-19(17-7-4-12-23-17)14-5-2-1-3-6-14/h1-12,19H,13H2,(H,21,22). The van der Waals surface area contributed by atoms with Crippen LogP contribution in [0.5, 0.6) is 0 Å². The van der Waals surface area contributed by atoms with Crippen molar-refractivity contribution in [1.82, 2.24) is 5.32 Å². The van der Waals surface area contributed by atoms with Crippen LogP contribution in [-0.4, -0.2) is 11.7 Å². The van der Waals surface area contributed by atoms with Gasteiger partial charge in [-0.05, 0) is 42.0 Å². The van der Waals surface area contributed by atoms with Gasteiger partial charge in [-0.25, -0.2) is 4.39 Å². The Morgan fingerprint density at radius 1 is 1.04 bits per heavy atom. The van der Waals surface area contributed by atoms with E-state index in [1.54, 1.807) is 24.5 Å². The molecule has 5 heteroatoms. The number of carbonyl (C=O) groups is 1. The fraction of sp³-hybridized carbons (Fsp3) is 0.105. The first kappa shape index (κ1) is 16.3. The summed E-state index contributed by atoms with van der Waals surface area (Å²) in [6, 6.07) is 19.1. The molecular weight excluding hydrogens is 325 g/mol. The number of hydrogen-bond donors (Lipinski definition) is 1. The zero-order chi connectivity index (χ0) is 16.8. The SMILES string of the molecule is O=C(CSc1ccc(F)cc1)NC(c1ccccc1)c1ccco1. The minimum Gasteiger partial charge on any atom is -0.467 e. The van der Waals surface area contributed by atoms with Gasteiger partial charge in [0.1, 0.15) is 17.6 Å². The van der Waals surface area contributed by atoms with Gasteiger partial charge >= 0.3 is 0 Å². The lowest BCUT2D eigenvalue weighted by Crippen LogP contribution is -2.30. The Balaban J connectivity index is 1.66.